The Morgan fingerprint density at radius 2 is 1.65 bits per heavy atom. The number of nitrogens with one attached hydrogen (secondary N) is 1. The molecular formula is C20H25NO2. The molecule has 0 saturated heterocycles. The van der Waals surface area contributed by atoms with Crippen molar-refractivity contribution in [3.8, 4) is 5.75 Å². The van der Waals surface area contributed by atoms with Gasteiger partial charge in [0.2, 0.25) is 0 Å². The third kappa shape index (κ3) is 4.85. The number of ether oxygens (including phenoxy) is 1. The van der Waals surface area contributed by atoms with Gasteiger partial charge in [-0.05, 0) is 37.5 Å². The summed E-state index contributed by atoms with van der Waals surface area (Å²) in [5, 5.41) is 3.11. The second kappa shape index (κ2) is 8.37. The highest BCUT2D eigenvalue weighted by atomic mass is 16.5. The van der Waals surface area contributed by atoms with Crippen LogP contribution in [-0.4, -0.2) is 12.0 Å². The van der Waals surface area contributed by atoms with E-state index in [2.05, 4.69) is 43.4 Å². The first-order valence-corrected chi connectivity index (χ1v) is 8.22. The molecule has 2 aromatic carbocycles. The normalized spacial score (nSPS) is 13.2. The first kappa shape index (κ1) is 17.1. The second-order valence-corrected chi connectivity index (χ2v) is 5.71. The molecule has 0 aromatic heterocycles. The quantitative estimate of drug-likeness (QED) is 0.822. The van der Waals surface area contributed by atoms with E-state index in [-0.39, 0.29) is 11.9 Å². The summed E-state index contributed by atoms with van der Waals surface area (Å²) in [4.78, 5) is 12.6. The van der Waals surface area contributed by atoms with Crippen LogP contribution in [0.15, 0.2) is 54.6 Å². The number of benzene rings is 2. The summed E-state index contributed by atoms with van der Waals surface area (Å²) in [5.74, 6) is 0.654. The van der Waals surface area contributed by atoms with Crippen molar-refractivity contribution in [2.75, 3.05) is 0 Å². The van der Waals surface area contributed by atoms with Gasteiger partial charge < -0.3 is 10.1 Å². The van der Waals surface area contributed by atoms with E-state index in [9.17, 15) is 4.79 Å². The average Bonchev–Trinajstić information content (AvgIpc) is 2.59. The van der Waals surface area contributed by atoms with E-state index in [1.165, 1.54) is 5.56 Å². The van der Waals surface area contributed by atoms with Gasteiger partial charge in [0.25, 0.3) is 5.91 Å². The summed E-state index contributed by atoms with van der Waals surface area (Å²) in [7, 11) is 0. The number of hydrogen-bond donors (Lipinski definition) is 1. The van der Waals surface area contributed by atoms with Gasteiger partial charge in [-0.1, -0.05) is 61.9 Å². The molecule has 0 unspecified atom stereocenters. The zero-order valence-corrected chi connectivity index (χ0v) is 14.1. The molecule has 1 N–H and O–H groups in total. The number of hydrogen-bond acceptors (Lipinski definition) is 2. The Hall–Kier alpha value is -2.29. The van der Waals surface area contributed by atoms with Gasteiger partial charge in [-0.15, -0.1) is 0 Å². The lowest BCUT2D eigenvalue weighted by molar-refractivity contribution is -0.128. The van der Waals surface area contributed by atoms with Gasteiger partial charge >= 0.3 is 0 Å². The van der Waals surface area contributed by atoms with Crippen molar-refractivity contribution in [3.05, 3.63) is 65.7 Å². The molecule has 0 aliphatic carbocycles. The Kier molecular flexibility index (Phi) is 6.21. The molecule has 0 fully saturated rings. The van der Waals surface area contributed by atoms with Gasteiger partial charge in [0.1, 0.15) is 5.75 Å². The van der Waals surface area contributed by atoms with E-state index < -0.39 is 6.10 Å². The van der Waals surface area contributed by atoms with Crippen molar-refractivity contribution < 1.29 is 9.53 Å². The highest BCUT2D eigenvalue weighted by Crippen LogP contribution is 2.19. The molecular weight excluding hydrogens is 286 g/mol. The molecule has 122 valence electrons. The van der Waals surface area contributed by atoms with Crippen LogP contribution in [0.4, 0.5) is 0 Å². The molecule has 3 nitrogen and oxygen atoms in total. The Bertz CT molecular complexity index is 607. The smallest absolute Gasteiger partial charge is 0.261 e. The highest BCUT2D eigenvalue weighted by Gasteiger charge is 2.21. The van der Waals surface area contributed by atoms with E-state index in [4.69, 9.17) is 4.74 Å². The van der Waals surface area contributed by atoms with Gasteiger partial charge in [-0.2, -0.15) is 0 Å². The first-order chi connectivity index (χ1) is 11.1. The molecule has 0 saturated carbocycles. The third-order valence-electron chi connectivity index (χ3n) is 3.89. The summed E-state index contributed by atoms with van der Waals surface area (Å²) < 4.78 is 5.81. The SMILES string of the molecule is CC[C@@H](Oc1ccccc1)C(=O)N[C@H](CC)c1ccc(C)cc1. The first-order valence-electron chi connectivity index (χ1n) is 8.22. The summed E-state index contributed by atoms with van der Waals surface area (Å²) in [5.41, 5.74) is 2.34. The monoisotopic (exact) mass is 311 g/mol. The van der Waals surface area contributed by atoms with Crippen molar-refractivity contribution in [1.82, 2.24) is 5.32 Å². The molecule has 0 aliphatic heterocycles. The number of para-hydroxylation sites is 1. The molecule has 2 atom stereocenters. The molecule has 0 heterocycles. The van der Waals surface area contributed by atoms with Crippen LogP contribution in [-0.2, 0) is 4.79 Å². The molecule has 0 aliphatic rings. The zero-order chi connectivity index (χ0) is 16.7. The van der Waals surface area contributed by atoms with Crippen LogP contribution in [0.2, 0.25) is 0 Å². The van der Waals surface area contributed by atoms with Gasteiger partial charge in [0.15, 0.2) is 6.10 Å². The predicted octanol–water partition coefficient (Wildman–Crippen LogP) is 4.42. The maximum Gasteiger partial charge on any atom is 0.261 e. The van der Waals surface area contributed by atoms with Crippen molar-refractivity contribution in [2.45, 2.75) is 45.8 Å². The van der Waals surface area contributed by atoms with E-state index >= 15 is 0 Å². The molecule has 3 heteroatoms. The Labute approximate surface area is 138 Å². The summed E-state index contributed by atoms with van der Waals surface area (Å²) in [6.45, 7) is 6.09. The minimum Gasteiger partial charge on any atom is -0.481 e. The van der Waals surface area contributed by atoms with Gasteiger partial charge in [0.05, 0.1) is 6.04 Å². The Balaban J connectivity index is 2.03. The van der Waals surface area contributed by atoms with Crippen LogP contribution >= 0.6 is 0 Å². The van der Waals surface area contributed by atoms with Crippen molar-refractivity contribution in [3.63, 3.8) is 0 Å². The van der Waals surface area contributed by atoms with Crippen molar-refractivity contribution in [2.24, 2.45) is 0 Å². The highest BCUT2D eigenvalue weighted by molar-refractivity contribution is 5.81. The lowest BCUT2D eigenvalue weighted by Crippen LogP contribution is -2.39. The van der Waals surface area contributed by atoms with Crippen molar-refractivity contribution in [1.29, 1.82) is 0 Å². The lowest BCUT2D eigenvalue weighted by Gasteiger charge is -2.22. The number of carbonyl (C=O) groups is 1. The van der Waals surface area contributed by atoms with E-state index in [1.54, 1.807) is 0 Å². The molecule has 2 aromatic rings. The standard InChI is InChI=1S/C20H25NO2/c1-4-18(16-13-11-15(3)12-14-16)21-20(22)19(5-2)23-17-9-7-6-8-10-17/h6-14,18-19H,4-5H2,1-3H3,(H,21,22)/t18-,19-/m1/s1. The molecule has 23 heavy (non-hydrogen) atoms. The number of carbonyl (C=O) groups excluding carboxylic acids is 1. The van der Waals surface area contributed by atoms with Crippen molar-refractivity contribution >= 4 is 5.91 Å². The topological polar surface area (TPSA) is 38.3 Å². The summed E-state index contributed by atoms with van der Waals surface area (Å²) >= 11 is 0. The maximum atomic E-state index is 12.6. The molecule has 1 amide bonds. The number of amides is 1. The summed E-state index contributed by atoms with van der Waals surface area (Å²) in [6, 6.07) is 17.8. The number of rotatable bonds is 7. The minimum absolute atomic E-state index is 0.0107. The van der Waals surface area contributed by atoms with Gasteiger partial charge in [-0.25, -0.2) is 0 Å². The van der Waals surface area contributed by atoms with Crippen LogP contribution in [0, 0.1) is 6.92 Å². The Morgan fingerprint density at radius 3 is 2.22 bits per heavy atom. The van der Waals surface area contributed by atoms with E-state index in [0.717, 1.165) is 17.7 Å². The van der Waals surface area contributed by atoms with Crippen LogP contribution in [0.1, 0.15) is 43.9 Å². The second-order valence-electron chi connectivity index (χ2n) is 5.71. The van der Waals surface area contributed by atoms with Crippen LogP contribution in [0.3, 0.4) is 0 Å². The molecule has 0 spiro atoms. The van der Waals surface area contributed by atoms with Crippen LogP contribution in [0.5, 0.6) is 5.75 Å². The third-order valence-corrected chi connectivity index (χ3v) is 3.89. The molecule has 2 rings (SSSR count). The maximum absolute atomic E-state index is 12.6. The van der Waals surface area contributed by atoms with Crippen LogP contribution in [0.25, 0.3) is 0 Å². The average molecular weight is 311 g/mol. The van der Waals surface area contributed by atoms with E-state index in [0.29, 0.717) is 6.42 Å². The fourth-order valence-corrected chi connectivity index (χ4v) is 2.47. The summed E-state index contributed by atoms with van der Waals surface area (Å²) in [6.07, 6.45) is 0.999. The zero-order valence-electron chi connectivity index (χ0n) is 14.1. The fraction of sp³-hybridized carbons (Fsp3) is 0.350. The fourth-order valence-electron chi connectivity index (χ4n) is 2.47. The van der Waals surface area contributed by atoms with Crippen LogP contribution < -0.4 is 10.1 Å². The van der Waals surface area contributed by atoms with E-state index in [1.807, 2.05) is 37.3 Å². The largest absolute Gasteiger partial charge is 0.481 e. The minimum atomic E-state index is -0.475. The predicted molar refractivity (Wildman–Crippen MR) is 93.5 cm³/mol. The van der Waals surface area contributed by atoms with Gasteiger partial charge in [0, 0.05) is 0 Å². The molecule has 0 bridgehead atoms. The Morgan fingerprint density at radius 1 is 1.00 bits per heavy atom. The molecule has 0 radical (unpaired) electrons. The lowest BCUT2D eigenvalue weighted by atomic mass is 10.0. The number of aryl methyl sites for hydroxylation is 1. The van der Waals surface area contributed by atoms with Gasteiger partial charge in [-0.3, -0.25) is 4.79 Å².